The molecule has 0 spiro atoms. The topological polar surface area (TPSA) is 156 Å². The Morgan fingerprint density at radius 3 is 2.34 bits per heavy atom. The van der Waals surface area contributed by atoms with Crippen LogP contribution in [0.1, 0.15) is 27.6 Å². The normalized spacial score (nSPS) is 14.4. The van der Waals surface area contributed by atoms with E-state index < -0.39 is 44.4 Å². The van der Waals surface area contributed by atoms with Gasteiger partial charge in [0.2, 0.25) is 5.91 Å². The number of sulfonamides is 1. The third-order valence-corrected chi connectivity index (χ3v) is 6.60. The highest BCUT2D eigenvalue weighted by molar-refractivity contribution is 7.89. The van der Waals surface area contributed by atoms with Gasteiger partial charge in [-0.15, -0.1) is 0 Å². The van der Waals surface area contributed by atoms with E-state index in [9.17, 15) is 32.9 Å². The minimum absolute atomic E-state index is 0.0828. The monoisotopic (exact) mass is 462 g/mol. The van der Waals surface area contributed by atoms with Crippen molar-refractivity contribution in [1.29, 1.82) is 0 Å². The van der Waals surface area contributed by atoms with E-state index in [-0.39, 0.29) is 21.7 Å². The number of hydrogen-bond donors (Lipinski definition) is 1. The lowest BCUT2D eigenvalue weighted by molar-refractivity contribution is -0.385. The number of fused-ring (bicyclic) bond motifs is 1. The number of nitro benzene ring substituents is 1. The van der Waals surface area contributed by atoms with E-state index in [0.717, 1.165) is 6.07 Å². The number of amides is 3. The Kier molecular flexibility index (Phi) is 6.07. The predicted octanol–water partition coefficient (Wildman–Crippen LogP) is 1.40. The summed E-state index contributed by atoms with van der Waals surface area (Å²) in [4.78, 5) is 53.7. The van der Waals surface area contributed by atoms with Crippen molar-refractivity contribution >= 4 is 39.1 Å². The number of imide groups is 1. The van der Waals surface area contributed by atoms with Crippen LogP contribution in [0.2, 0.25) is 0 Å². The summed E-state index contributed by atoms with van der Waals surface area (Å²) in [5.41, 5.74) is -0.822. The summed E-state index contributed by atoms with van der Waals surface area (Å²) in [7, 11) is -1.46. The Hall–Kier alpha value is -3.68. The zero-order chi connectivity index (χ0) is 23.8. The van der Waals surface area contributed by atoms with E-state index in [0.29, 0.717) is 9.37 Å². The molecule has 1 atom stereocenters. The van der Waals surface area contributed by atoms with E-state index >= 15 is 0 Å². The number of nitro groups is 1. The number of benzene rings is 2. The van der Waals surface area contributed by atoms with Gasteiger partial charge >= 0.3 is 0 Å². The van der Waals surface area contributed by atoms with Crippen LogP contribution in [0.5, 0.6) is 0 Å². The summed E-state index contributed by atoms with van der Waals surface area (Å²) in [6.45, 7) is 1.30. The first-order chi connectivity index (χ1) is 15.0. The van der Waals surface area contributed by atoms with Crippen molar-refractivity contribution in [3.8, 4) is 0 Å². The lowest BCUT2D eigenvalue weighted by atomic mass is 10.1. The van der Waals surface area contributed by atoms with E-state index in [1.54, 1.807) is 0 Å². The van der Waals surface area contributed by atoms with Crippen molar-refractivity contribution in [3.05, 3.63) is 63.7 Å². The van der Waals surface area contributed by atoms with Crippen LogP contribution >= 0.6 is 0 Å². The molecule has 0 saturated heterocycles. The SMILES string of the molecule is CON(C)S(=O)(=O)c1ccc(NC(=O)[C@H](C)N2C(=O)c3cccc([N+](=O)[O-])c3C2=O)cc1. The zero-order valence-electron chi connectivity index (χ0n) is 17.1. The van der Waals surface area contributed by atoms with Crippen LogP contribution in [0.15, 0.2) is 47.4 Å². The van der Waals surface area contributed by atoms with Crippen molar-refractivity contribution in [2.24, 2.45) is 0 Å². The van der Waals surface area contributed by atoms with Crippen LogP contribution in [0, 0.1) is 10.1 Å². The number of nitrogens with zero attached hydrogens (tertiary/aromatic N) is 3. The maximum atomic E-state index is 12.7. The summed E-state index contributed by atoms with van der Waals surface area (Å²) in [5, 5.41) is 13.7. The van der Waals surface area contributed by atoms with Crippen molar-refractivity contribution in [1.82, 2.24) is 9.37 Å². The molecule has 2 aromatic rings. The van der Waals surface area contributed by atoms with Crippen LogP contribution in [0.4, 0.5) is 11.4 Å². The second kappa shape index (κ2) is 8.45. The molecule has 0 saturated carbocycles. The third kappa shape index (κ3) is 3.84. The Morgan fingerprint density at radius 1 is 1.16 bits per heavy atom. The maximum absolute atomic E-state index is 12.7. The standard InChI is InChI=1S/C19H18N4O8S/c1-11(22-18(25)14-5-4-6-15(23(27)28)16(14)19(22)26)17(24)20-12-7-9-13(10-8-12)32(29,30)21(2)31-3/h4-11H,1-3H3,(H,20,24)/t11-/m0/s1. The Balaban J connectivity index is 1.80. The van der Waals surface area contributed by atoms with Crippen molar-refractivity contribution in [3.63, 3.8) is 0 Å². The van der Waals surface area contributed by atoms with Gasteiger partial charge in [-0.2, -0.15) is 0 Å². The molecule has 0 aromatic heterocycles. The van der Waals surface area contributed by atoms with Gasteiger partial charge in [0.15, 0.2) is 0 Å². The van der Waals surface area contributed by atoms with Crippen LogP contribution < -0.4 is 5.32 Å². The molecule has 2 aromatic carbocycles. The first-order valence-electron chi connectivity index (χ1n) is 9.10. The Morgan fingerprint density at radius 2 is 1.78 bits per heavy atom. The Bertz CT molecular complexity index is 1230. The Labute approximate surface area is 182 Å². The number of rotatable bonds is 7. The first-order valence-corrected chi connectivity index (χ1v) is 10.5. The van der Waals surface area contributed by atoms with Crippen LogP contribution in [-0.4, -0.2) is 60.6 Å². The molecule has 32 heavy (non-hydrogen) atoms. The number of carbonyl (C=O) groups is 3. The van der Waals surface area contributed by atoms with Crippen molar-refractivity contribution < 1.29 is 32.6 Å². The van der Waals surface area contributed by atoms with Gasteiger partial charge in [0.25, 0.3) is 27.5 Å². The van der Waals surface area contributed by atoms with E-state index in [4.69, 9.17) is 0 Å². The number of carbonyl (C=O) groups excluding carboxylic acids is 3. The molecule has 1 N–H and O–H groups in total. The lowest BCUT2D eigenvalue weighted by Gasteiger charge is -2.21. The quantitative estimate of drug-likeness (QED) is 0.368. The molecule has 3 rings (SSSR count). The molecule has 0 radical (unpaired) electrons. The third-order valence-electron chi connectivity index (χ3n) is 4.90. The van der Waals surface area contributed by atoms with Gasteiger partial charge in [-0.05, 0) is 37.3 Å². The van der Waals surface area contributed by atoms with Gasteiger partial charge in [-0.3, -0.25) is 34.2 Å². The summed E-state index contributed by atoms with van der Waals surface area (Å²) < 4.78 is 25.1. The molecule has 0 unspecified atom stereocenters. The summed E-state index contributed by atoms with van der Waals surface area (Å²) in [6.07, 6.45) is 0. The highest BCUT2D eigenvalue weighted by Crippen LogP contribution is 2.32. The molecular formula is C19H18N4O8S. The summed E-state index contributed by atoms with van der Waals surface area (Å²) in [5.74, 6) is -2.50. The lowest BCUT2D eigenvalue weighted by Crippen LogP contribution is -2.45. The van der Waals surface area contributed by atoms with E-state index in [1.807, 2.05) is 0 Å². The average Bonchev–Trinajstić information content (AvgIpc) is 3.02. The van der Waals surface area contributed by atoms with Crippen molar-refractivity contribution in [2.45, 2.75) is 17.9 Å². The van der Waals surface area contributed by atoms with Gasteiger partial charge in [0, 0.05) is 18.8 Å². The van der Waals surface area contributed by atoms with Crippen LogP contribution in [-0.2, 0) is 19.7 Å². The fourth-order valence-electron chi connectivity index (χ4n) is 3.11. The maximum Gasteiger partial charge on any atom is 0.282 e. The van der Waals surface area contributed by atoms with Gasteiger partial charge in [0.05, 0.1) is 22.5 Å². The molecule has 0 aliphatic carbocycles. The van der Waals surface area contributed by atoms with E-state index in [2.05, 4.69) is 10.2 Å². The molecule has 0 fully saturated rings. The number of hydrogen-bond acceptors (Lipinski definition) is 8. The smallest absolute Gasteiger partial charge is 0.282 e. The molecule has 3 amide bonds. The van der Waals surface area contributed by atoms with Gasteiger partial charge in [-0.1, -0.05) is 10.5 Å². The fraction of sp³-hybridized carbons (Fsp3) is 0.211. The zero-order valence-corrected chi connectivity index (χ0v) is 18.0. The predicted molar refractivity (Wildman–Crippen MR) is 110 cm³/mol. The first kappa shape index (κ1) is 23.0. The van der Waals surface area contributed by atoms with Crippen molar-refractivity contribution in [2.75, 3.05) is 19.5 Å². The molecular weight excluding hydrogens is 444 g/mol. The summed E-state index contributed by atoms with van der Waals surface area (Å²) in [6, 6.07) is 7.53. The molecule has 12 nitrogen and oxygen atoms in total. The minimum atomic E-state index is -3.87. The van der Waals surface area contributed by atoms with E-state index in [1.165, 1.54) is 57.5 Å². The number of hydroxylamine groups is 1. The highest BCUT2D eigenvalue weighted by Gasteiger charge is 2.44. The fourth-order valence-corrected chi connectivity index (χ4v) is 4.08. The number of nitrogens with one attached hydrogen (secondary N) is 1. The average molecular weight is 462 g/mol. The molecule has 13 heteroatoms. The molecule has 1 aliphatic rings. The molecule has 0 bridgehead atoms. The molecule has 1 heterocycles. The largest absolute Gasteiger partial charge is 0.324 e. The molecule has 168 valence electrons. The van der Waals surface area contributed by atoms with Gasteiger partial charge in [-0.25, -0.2) is 8.42 Å². The minimum Gasteiger partial charge on any atom is -0.324 e. The molecule has 1 aliphatic heterocycles. The second-order valence-electron chi connectivity index (χ2n) is 6.72. The number of anilines is 1. The second-order valence-corrected chi connectivity index (χ2v) is 8.66. The van der Waals surface area contributed by atoms with Crippen LogP contribution in [0.25, 0.3) is 0 Å². The van der Waals surface area contributed by atoms with Gasteiger partial charge < -0.3 is 5.32 Å². The van der Waals surface area contributed by atoms with Gasteiger partial charge in [0.1, 0.15) is 11.6 Å². The summed E-state index contributed by atoms with van der Waals surface area (Å²) >= 11 is 0. The van der Waals surface area contributed by atoms with Crippen LogP contribution in [0.3, 0.4) is 0 Å². The highest BCUT2D eigenvalue weighted by atomic mass is 32.2.